The summed E-state index contributed by atoms with van der Waals surface area (Å²) in [5.41, 5.74) is 6.17. The van der Waals surface area contributed by atoms with E-state index in [1.54, 1.807) is 23.1 Å². The van der Waals surface area contributed by atoms with Gasteiger partial charge in [-0.25, -0.2) is 9.97 Å². The van der Waals surface area contributed by atoms with Crippen LogP contribution in [0.25, 0.3) is 11.3 Å². The second-order valence-corrected chi connectivity index (χ2v) is 11.5. The molecule has 4 N–H and O–H groups in total. The number of thiazole rings is 1. The molecule has 3 aromatic rings. The Kier molecular flexibility index (Phi) is 10.4. The molecule has 0 spiro atoms. The zero-order valence-corrected chi connectivity index (χ0v) is 23.3. The topological polar surface area (TPSA) is 124 Å². The number of fused-ring (bicyclic) bond motifs is 1. The van der Waals surface area contributed by atoms with Gasteiger partial charge in [-0.2, -0.15) is 0 Å². The van der Waals surface area contributed by atoms with Crippen LogP contribution in [0.5, 0.6) is 0 Å². The van der Waals surface area contributed by atoms with Crippen LogP contribution in [0.2, 0.25) is 5.02 Å². The van der Waals surface area contributed by atoms with Crippen molar-refractivity contribution >= 4 is 51.8 Å². The largest absolute Gasteiger partial charge is 0.481 e. The van der Waals surface area contributed by atoms with Crippen LogP contribution in [-0.2, 0) is 28.2 Å². The van der Waals surface area contributed by atoms with Gasteiger partial charge in [-0.1, -0.05) is 17.7 Å². The number of carbonyl (C=O) groups is 2. The van der Waals surface area contributed by atoms with Gasteiger partial charge in [0.15, 0.2) is 5.13 Å². The van der Waals surface area contributed by atoms with Crippen LogP contribution >= 0.6 is 34.7 Å². The number of carboxylic acid groups (broad SMARTS) is 2. The standard InChI is InChI=1S/C23H25ClN4S2.C4H6O4/c24-20-5-3-16-7-9-25-10-8-18(16)19(20)13-29-22-6-4-17(12-26-22)21-14-30-23(28-21)27-11-15-1-2-15;5-3(6)1-2-4(7)8/h3-6,12,14-15,25H,1-2,7-11,13H2,(H,27,28);1-2H2,(H,5,6)(H,7,8). The average Bonchev–Trinajstić information content (AvgIpc) is 3.67. The molecule has 0 saturated heterocycles. The van der Waals surface area contributed by atoms with Gasteiger partial charge in [-0.05, 0) is 79.6 Å². The number of aliphatic carboxylic acids is 2. The summed E-state index contributed by atoms with van der Waals surface area (Å²) in [5.74, 6) is -0.459. The van der Waals surface area contributed by atoms with Crippen LogP contribution in [0.15, 0.2) is 40.9 Å². The maximum atomic E-state index is 9.64. The highest BCUT2D eigenvalue weighted by atomic mass is 35.5. The number of hydrogen-bond donors (Lipinski definition) is 4. The summed E-state index contributed by atoms with van der Waals surface area (Å²) in [6.45, 7) is 3.10. The number of halogens is 1. The Bertz CT molecular complexity index is 1230. The molecule has 38 heavy (non-hydrogen) atoms. The molecule has 1 fully saturated rings. The van der Waals surface area contributed by atoms with Crippen molar-refractivity contribution in [3.05, 3.63) is 57.6 Å². The summed E-state index contributed by atoms with van der Waals surface area (Å²) in [6, 6.07) is 8.45. The minimum Gasteiger partial charge on any atom is -0.481 e. The van der Waals surface area contributed by atoms with Gasteiger partial charge in [0.05, 0.1) is 23.6 Å². The second-order valence-electron chi connectivity index (χ2n) is 9.24. The minimum atomic E-state index is -1.08. The predicted molar refractivity (Wildman–Crippen MR) is 152 cm³/mol. The quantitative estimate of drug-likeness (QED) is 0.229. The SMILES string of the molecule is Clc1ccc2c(c1CSc1ccc(-c3csc(NCC4CC4)n3)cn1)CCNCC2.O=C(O)CCC(=O)O. The zero-order valence-electron chi connectivity index (χ0n) is 20.9. The lowest BCUT2D eigenvalue weighted by Gasteiger charge is -2.14. The monoisotopic (exact) mass is 574 g/mol. The van der Waals surface area contributed by atoms with Gasteiger partial charge < -0.3 is 20.8 Å². The Morgan fingerprint density at radius 2 is 1.87 bits per heavy atom. The summed E-state index contributed by atoms with van der Waals surface area (Å²) in [7, 11) is 0. The first kappa shape index (κ1) is 28.4. The van der Waals surface area contributed by atoms with Crippen molar-refractivity contribution in [1.82, 2.24) is 15.3 Å². The van der Waals surface area contributed by atoms with E-state index < -0.39 is 11.9 Å². The third-order valence-corrected chi connectivity index (χ3v) is 8.41. The van der Waals surface area contributed by atoms with Crippen molar-refractivity contribution in [2.75, 3.05) is 25.0 Å². The Balaban J connectivity index is 0.000000368. The van der Waals surface area contributed by atoms with Crippen LogP contribution in [0.4, 0.5) is 5.13 Å². The number of nitrogens with one attached hydrogen (secondary N) is 2. The second kappa shape index (κ2) is 13.9. The average molecular weight is 575 g/mol. The number of thioether (sulfide) groups is 1. The third-order valence-electron chi connectivity index (χ3n) is 6.29. The minimum absolute atomic E-state index is 0.296. The van der Waals surface area contributed by atoms with E-state index in [0.717, 1.165) is 70.6 Å². The van der Waals surface area contributed by atoms with Gasteiger partial charge in [-0.3, -0.25) is 9.59 Å². The number of anilines is 1. The smallest absolute Gasteiger partial charge is 0.303 e. The molecule has 0 unspecified atom stereocenters. The van der Waals surface area contributed by atoms with Crippen LogP contribution in [-0.4, -0.2) is 51.8 Å². The molecule has 202 valence electrons. The van der Waals surface area contributed by atoms with E-state index in [-0.39, 0.29) is 12.8 Å². The highest BCUT2D eigenvalue weighted by Gasteiger charge is 2.21. The van der Waals surface area contributed by atoms with Crippen LogP contribution in [0.3, 0.4) is 0 Å². The van der Waals surface area contributed by atoms with Crippen molar-refractivity contribution < 1.29 is 19.8 Å². The van der Waals surface area contributed by atoms with E-state index in [1.165, 1.54) is 29.5 Å². The molecule has 0 atom stereocenters. The molecule has 5 rings (SSSR count). The number of carboxylic acids is 2. The highest BCUT2D eigenvalue weighted by molar-refractivity contribution is 7.98. The van der Waals surface area contributed by atoms with E-state index in [0.29, 0.717) is 0 Å². The van der Waals surface area contributed by atoms with Crippen molar-refractivity contribution in [3.8, 4) is 11.3 Å². The molecule has 0 bridgehead atoms. The maximum Gasteiger partial charge on any atom is 0.303 e. The summed E-state index contributed by atoms with van der Waals surface area (Å²) < 4.78 is 0. The Hall–Kier alpha value is -2.66. The summed E-state index contributed by atoms with van der Waals surface area (Å²) in [6.07, 6.45) is 6.15. The van der Waals surface area contributed by atoms with Crippen LogP contribution < -0.4 is 10.6 Å². The fourth-order valence-electron chi connectivity index (χ4n) is 3.99. The van der Waals surface area contributed by atoms with E-state index in [4.69, 9.17) is 26.8 Å². The van der Waals surface area contributed by atoms with Crippen molar-refractivity contribution in [2.24, 2.45) is 5.92 Å². The van der Waals surface area contributed by atoms with Gasteiger partial charge in [0, 0.05) is 34.5 Å². The molecule has 1 aromatic carbocycles. The molecule has 1 aliphatic carbocycles. The highest BCUT2D eigenvalue weighted by Crippen LogP contribution is 2.33. The van der Waals surface area contributed by atoms with Crippen molar-refractivity contribution in [3.63, 3.8) is 0 Å². The molecule has 2 aliphatic rings. The molecule has 3 heterocycles. The molecule has 1 aliphatic heterocycles. The summed E-state index contributed by atoms with van der Waals surface area (Å²) in [4.78, 5) is 28.7. The van der Waals surface area contributed by atoms with E-state index in [9.17, 15) is 9.59 Å². The van der Waals surface area contributed by atoms with Crippen LogP contribution in [0.1, 0.15) is 42.4 Å². The number of rotatable bonds is 10. The molecule has 0 amide bonds. The van der Waals surface area contributed by atoms with Gasteiger partial charge in [0.2, 0.25) is 0 Å². The van der Waals surface area contributed by atoms with E-state index >= 15 is 0 Å². The fourth-order valence-corrected chi connectivity index (χ4v) is 5.96. The van der Waals surface area contributed by atoms with Gasteiger partial charge in [0.1, 0.15) is 0 Å². The first-order valence-electron chi connectivity index (χ1n) is 12.6. The molecule has 11 heteroatoms. The summed E-state index contributed by atoms with van der Waals surface area (Å²) >= 11 is 9.99. The lowest BCUT2D eigenvalue weighted by molar-refractivity contribution is -0.143. The fraction of sp³-hybridized carbons (Fsp3) is 0.407. The van der Waals surface area contributed by atoms with Gasteiger partial charge >= 0.3 is 11.9 Å². The lowest BCUT2D eigenvalue weighted by Crippen LogP contribution is -2.16. The lowest BCUT2D eigenvalue weighted by atomic mass is 9.98. The van der Waals surface area contributed by atoms with Crippen LogP contribution in [0, 0.1) is 5.92 Å². The Labute approximate surface area is 235 Å². The molecule has 2 aromatic heterocycles. The Morgan fingerprint density at radius 3 is 2.55 bits per heavy atom. The van der Waals surface area contributed by atoms with Crippen molar-refractivity contribution in [1.29, 1.82) is 0 Å². The number of aromatic nitrogens is 2. The summed E-state index contributed by atoms with van der Waals surface area (Å²) in [5, 5.41) is 27.7. The number of pyridine rings is 1. The molecular formula is C27H31ClN4O4S2. The first-order chi connectivity index (χ1) is 18.4. The third kappa shape index (κ3) is 8.69. The number of nitrogens with zero attached hydrogens (tertiary/aromatic N) is 2. The van der Waals surface area contributed by atoms with Gasteiger partial charge in [0.25, 0.3) is 0 Å². The number of benzene rings is 1. The van der Waals surface area contributed by atoms with E-state index in [1.807, 2.05) is 6.20 Å². The van der Waals surface area contributed by atoms with Gasteiger partial charge in [-0.15, -0.1) is 23.1 Å². The zero-order chi connectivity index (χ0) is 26.9. The Morgan fingerprint density at radius 1 is 1.11 bits per heavy atom. The molecule has 8 nitrogen and oxygen atoms in total. The van der Waals surface area contributed by atoms with E-state index in [2.05, 4.69) is 45.3 Å². The van der Waals surface area contributed by atoms with Crippen molar-refractivity contribution in [2.45, 2.75) is 49.3 Å². The number of hydrogen-bond acceptors (Lipinski definition) is 8. The predicted octanol–water partition coefficient (Wildman–Crippen LogP) is 5.60. The maximum absolute atomic E-state index is 9.64. The molecular weight excluding hydrogens is 544 g/mol. The molecule has 0 radical (unpaired) electrons. The normalized spacial score (nSPS) is 14.6. The molecule has 1 saturated carbocycles. The first-order valence-corrected chi connectivity index (χ1v) is 14.9.